The maximum Gasteiger partial charge on any atom is 0.381 e. The first-order valence-corrected chi connectivity index (χ1v) is 2.43. The molecule has 0 aromatic heterocycles. The third-order valence-corrected chi connectivity index (χ3v) is 0.482. The minimum Gasteiger partial charge on any atom is -0.472 e. The summed E-state index contributed by atoms with van der Waals surface area (Å²) < 4.78 is 0. The Labute approximate surface area is 38.6 Å². The topological polar surface area (TPSA) is 37.3 Å². The summed E-state index contributed by atoms with van der Waals surface area (Å²) in [5.41, 5.74) is 2.36. The molecule has 0 spiro atoms. The van der Waals surface area contributed by atoms with Gasteiger partial charge in [0.25, 0.3) is 0 Å². The average Bonchev–Trinajstić information content (AvgIpc) is 1.35. The second-order valence-corrected chi connectivity index (χ2v) is 1.18. The lowest BCUT2D eigenvalue weighted by atomic mass is 10.7. The molecule has 6 heavy (non-hydrogen) atoms. The fourth-order valence-corrected chi connectivity index (χ4v) is 0.321. The van der Waals surface area contributed by atoms with Gasteiger partial charge in [0.2, 0.25) is 0 Å². The Hall–Kier alpha value is -0.753. The minimum absolute atomic E-state index is 0.645. The van der Waals surface area contributed by atoms with Gasteiger partial charge in [-0.15, -0.1) is 5.54 Å². The fourth-order valence-electron chi connectivity index (χ4n) is 0.107. The molecule has 0 amide bonds. The van der Waals surface area contributed by atoms with Gasteiger partial charge < -0.3 is 5.11 Å². The molecule has 0 bridgehead atoms. The minimum atomic E-state index is -1.04. The molecule has 0 aromatic rings. The van der Waals surface area contributed by atoms with Crippen LogP contribution in [0.2, 0.25) is 0 Å². The molecular formula is C3H4O2Si. The summed E-state index contributed by atoms with van der Waals surface area (Å²) >= 11 is 0. The Balaban J connectivity index is 3.50. The summed E-state index contributed by atoms with van der Waals surface area (Å²) in [5.74, 6) is 0.900. The van der Waals surface area contributed by atoms with Crippen molar-refractivity contribution in [2.75, 3.05) is 0 Å². The van der Waals surface area contributed by atoms with Crippen LogP contribution in [0, 0.1) is 11.5 Å². The highest BCUT2D eigenvalue weighted by Gasteiger charge is 1.76. The molecular weight excluding hydrogens is 96.1 g/mol. The lowest BCUT2D eigenvalue weighted by molar-refractivity contribution is -0.130. The third kappa shape index (κ3) is 3.25. The van der Waals surface area contributed by atoms with E-state index in [0.717, 1.165) is 0 Å². The molecule has 0 heterocycles. The van der Waals surface area contributed by atoms with Crippen LogP contribution in [0.4, 0.5) is 0 Å². The third-order valence-electron chi connectivity index (χ3n) is 0.232. The number of carbonyl (C=O) groups is 1. The van der Waals surface area contributed by atoms with E-state index < -0.39 is 5.97 Å². The van der Waals surface area contributed by atoms with Crippen molar-refractivity contribution in [1.82, 2.24) is 0 Å². The van der Waals surface area contributed by atoms with Crippen molar-refractivity contribution < 1.29 is 9.90 Å². The van der Waals surface area contributed by atoms with Gasteiger partial charge in [0.15, 0.2) is 0 Å². The molecule has 0 rings (SSSR count). The SMILES string of the molecule is O=C(O)C#C[SiH3]. The average molecular weight is 100 g/mol. The van der Waals surface area contributed by atoms with E-state index >= 15 is 0 Å². The summed E-state index contributed by atoms with van der Waals surface area (Å²) in [5, 5.41) is 7.76. The molecule has 1 N–H and O–H groups in total. The highest BCUT2D eigenvalue weighted by Crippen LogP contribution is 1.48. The summed E-state index contributed by atoms with van der Waals surface area (Å²) in [7, 11) is 0.645. The van der Waals surface area contributed by atoms with Gasteiger partial charge in [-0.25, -0.2) is 4.79 Å². The van der Waals surface area contributed by atoms with E-state index in [-0.39, 0.29) is 0 Å². The summed E-state index contributed by atoms with van der Waals surface area (Å²) in [6.07, 6.45) is 0. The molecule has 0 aliphatic heterocycles. The van der Waals surface area contributed by atoms with Crippen molar-refractivity contribution in [1.29, 1.82) is 0 Å². The lowest BCUT2D eigenvalue weighted by Gasteiger charge is -1.63. The molecule has 0 unspecified atom stereocenters. The van der Waals surface area contributed by atoms with Gasteiger partial charge in [-0.1, -0.05) is 0 Å². The van der Waals surface area contributed by atoms with Gasteiger partial charge in [-0.2, -0.15) is 0 Å². The van der Waals surface area contributed by atoms with Crippen molar-refractivity contribution in [3.63, 3.8) is 0 Å². The van der Waals surface area contributed by atoms with Crippen molar-refractivity contribution in [3.05, 3.63) is 0 Å². The Kier molecular flexibility index (Phi) is 2.17. The maximum atomic E-state index is 9.45. The molecule has 0 aliphatic carbocycles. The van der Waals surface area contributed by atoms with Gasteiger partial charge >= 0.3 is 5.97 Å². The van der Waals surface area contributed by atoms with E-state index in [0.29, 0.717) is 10.2 Å². The van der Waals surface area contributed by atoms with Gasteiger partial charge in [0.1, 0.15) is 0 Å². The van der Waals surface area contributed by atoms with Crippen molar-refractivity contribution in [3.8, 4) is 11.5 Å². The standard InChI is InChI=1S/C3H4O2Si/c4-3(5)1-2-6/h6H3,(H,4,5). The van der Waals surface area contributed by atoms with Crippen LogP contribution in [0.1, 0.15) is 0 Å². The number of hydrogen-bond acceptors (Lipinski definition) is 1. The van der Waals surface area contributed by atoms with Crippen LogP contribution in [-0.4, -0.2) is 21.3 Å². The molecule has 0 radical (unpaired) electrons. The predicted molar refractivity (Wildman–Crippen MR) is 25.4 cm³/mol. The molecule has 0 fully saturated rings. The highest BCUT2D eigenvalue weighted by atomic mass is 28.1. The zero-order valence-corrected chi connectivity index (χ0v) is 5.36. The number of carboxylic acid groups (broad SMARTS) is 1. The number of rotatable bonds is 0. The van der Waals surface area contributed by atoms with E-state index in [9.17, 15) is 4.79 Å². The quantitative estimate of drug-likeness (QED) is 0.294. The largest absolute Gasteiger partial charge is 0.472 e. The molecule has 32 valence electrons. The first-order chi connectivity index (χ1) is 2.77. The molecule has 0 aliphatic rings. The van der Waals surface area contributed by atoms with Gasteiger partial charge in [0, 0.05) is 5.92 Å². The Morgan fingerprint density at radius 3 is 2.33 bits per heavy atom. The number of carboxylic acids is 1. The Bertz CT molecular complexity index is 108. The molecule has 3 heteroatoms. The Morgan fingerprint density at radius 1 is 1.83 bits per heavy atom. The summed E-state index contributed by atoms with van der Waals surface area (Å²) in [4.78, 5) is 9.45. The van der Waals surface area contributed by atoms with Crippen LogP contribution in [-0.2, 0) is 4.79 Å². The first-order valence-electron chi connectivity index (χ1n) is 1.43. The lowest BCUT2D eigenvalue weighted by Crippen LogP contribution is -1.85. The number of aliphatic carboxylic acids is 1. The second-order valence-electron chi connectivity index (χ2n) is 0.680. The van der Waals surface area contributed by atoms with Gasteiger partial charge in [-0.05, 0) is 0 Å². The van der Waals surface area contributed by atoms with Crippen LogP contribution in [0.3, 0.4) is 0 Å². The van der Waals surface area contributed by atoms with Crippen molar-refractivity contribution in [2.24, 2.45) is 0 Å². The molecule has 0 atom stereocenters. The van der Waals surface area contributed by atoms with Gasteiger partial charge in [0.05, 0.1) is 10.2 Å². The number of hydrogen-bond donors (Lipinski definition) is 1. The zero-order chi connectivity index (χ0) is 4.99. The van der Waals surface area contributed by atoms with Gasteiger partial charge in [-0.3, -0.25) is 0 Å². The summed E-state index contributed by atoms with van der Waals surface area (Å²) in [6.45, 7) is 0. The summed E-state index contributed by atoms with van der Waals surface area (Å²) in [6, 6.07) is 0. The maximum absolute atomic E-state index is 9.45. The van der Waals surface area contributed by atoms with Crippen LogP contribution in [0.15, 0.2) is 0 Å². The van der Waals surface area contributed by atoms with Crippen LogP contribution >= 0.6 is 0 Å². The van der Waals surface area contributed by atoms with E-state index in [1.807, 2.05) is 5.92 Å². The van der Waals surface area contributed by atoms with E-state index in [1.165, 1.54) is 0 Å². The molecule has 0 aromatic carbocycles. The van der Waals surface area contributed by atoms with E-state index in [4.69, 9.17) is 5.11 Å². The van der Waals surface area contributed by atoms with Crippen LogP contribution in [0.5, 0.6) is 0 Å². The van der Waals surface area contributed by atoms with Crippen molar-refractivity contribution in [2.45, 2.75) is 0 Å². The molecule has 2 nitrogen and oxygen atoms in total. The fraction of sp³-hybridized carbons (Fsp3) is 0. The van der Waals surface area contributed by atoms with Crippen LogP contribution < -0.4 is 0 Å². The van der Waals surface area contributed by atoms with E-state index in [1.54, 1.807) is 0 Å². The first kappa shape index (κ1) is 5.25. The Morgan fingerprint density at radius 2 is 2.33 bits per heavy atom. The molecule has 0 saturated carbocycles. The second kappa shape index (κ2) is 2.48. The molecule has 0 saturated heterocycles. The van der Waals surface area contributed by atoms with E-state index in [2.05, 4.69) is 5.54 Å². The highest BCUT2D eigenvalue weighted by molar-refractivity contribution is 6.23. The normalized spacial score (nSPS) is 6.00. The zero-order valence-electron chi connectivity index (χ0n) is 3.36. The predicted octanol–water partition coefficient (Wildman–Crippen LogP) is -1.60. The monoisotopic (exact) mass is 100.0 g/mol. The smallest absolute Gasteiger partial charge is 0.381 e. The van der Waals surface area contributed by atoms with Crippen LogP contribution in [0.25, 0.3) is 0 Å². The van der Waals surface area contributed by atoms with Crippen molar-refractivity contribution >= 4 is 16.2 Å².